The van der Waals surface area contributed by atoms with Gasteiger partial charge in [0.2, 0.25) is 5.91 Å². The van der Waals surface area contributed by atoms with Gasteiger partial charge in [0.15, 0.2) is 5.13 Å². The molecular formula is C17H14BrN3O3S2. The number of carbonyl (C=O) groups excluding carboxylic acids is 1. The van der Waals surface area contributed by atoms with Gasteiger partial charge in [-0.2, -0.15) is 0 Å². The van der Waals surface area contributed by atoms with Crippen molar-refractivity contribution < 1.29 is 13.2 Å². The molecule has 1 aromatic heterocycles. The first kappa shape index (κ1) is 18.6. The summed E-state index contributed by atoms with van der Waals surface area (Å²) >= 11 is 4.58. The van der Waals surface area contributed by atoms with E-state index in [-0.39, 0.29) is 10.8 Å². The Balaban J connectivity index is 1.85. The topological polar surface area (TPSA) is 88.2 Å². The van der Waals surface area contributed by atoms with Crippen LogP contribution in [0, 0.1) is 0 Å². The van der Waals surface area contributed by atoms with Crippen molar-refractivity contribution in [2.75, 3.05) is 10.0 Å². The van der Waals surface area contributed by atoms with Crippen LogP contribution in [0.4, 0.5) is 10.8 Å². The Hall–Kier alpha value is -2.23. The van der Waals surface area contributed by atoms with E-state index in [9.17, 15) is 13.2 Å². The van der Waals surface area contributed by atoms with E-state index in [1.807, 2.05) is 6.07 Å². The lowest BCUT2D eigenvalue weighted by Gasteiger charge is -2.09. The van der Waals surface area contributed by atoms with Gasteiger partial charge in [-0.05, 0) is 30.3 Å². The number of nitrogens with zero attached hydrogens (tertiary/aromatic N) is 1. The first-order valence-corrected chi connectivity index (χ1v) is 10.6. The second kappa shape index (κ2) is 7.56. The molecule has 0 atom stereocenters. The van der Waals surface area contributed by atoms with Crippen LogP contribution in [0.1, 0.15) is 6.92 Å². The summed E-state index contributed by atoms with van der Waals surface area (Å²) in [7, 11) is -3.70. The number of hydrogen-bond donors (Lipinski definition) is 2. The maximum atomic E-state index is 12.5. The molecule has 0 saturated carbocycles. The van der Waals surface area contributed by atoms with Crippen molar-refractivity contribution in [1.29, 1.82) is 0 Å². The van der Waals surface area contributed by atoms with E-state index in [1.165, 1.54) is 30.4 Å². The Morgan fingerprint density at radius 3 is 2.65 bits per heavy atom. The van der Waals surface area contributed by atoms with E-state index in [0.717, 1.165) is 5.56 Å². The molecule has 134 valence electrons. The highest BCUT2D eigenvalue weighted by Crippen LogP contribution is 2.28. The minimum absolute atomic E-state index is 0.166. The molecule has 0 aliphatic carbocycles. The van der Waals surface area contributed by atoms with Crippen LogP contribution in [-0.4, -0.2) is 19.3 Å². The fraction of sp³-hybridized carbons (Fsp3) is 0.0588. The number of halogens is 1. The zero-order valence-electron chi connectivity index (χ0n) is 13.6. The van der Waals surface area contributed by atoms with Gasteiger partial charge in [-0.1, -0.05) is 34.1 Å². The highest BCUT2D eigenvalue weighted by molar-refractivity contribution is 9.10. The summed E-state index contributed by atoms with van der Waals surface area (Å²) in [5.41, 5.74) is 1.83. The number of rotatable bonds is 5. The third-order valence-electron chi connectivity index (χ3n) is 3.30. The standard InChI is InChI=1S/C17H14BrN3O3S2/c1-11(22)19-17-20-16(10-25-17)12-4-2-6-14(8-12)21-26(23,24)15-7-3-5-13(18)9-15/h2-10,21H,1H3,(H,19,20,22). The fourth-order valence-corrected chi connectivity index (χ4v) is 4.62. The molecule has 9 heteroatoms. The summed E-state index contributed by atoms with van der Waals surface area (Å²) in [6.45, 7) is 1.42. The SMILES string of the molecule is CC(=O)Nc1nc(-c2cccc(NS(=O)(=O)c3cccc(Br)c3)c2)cs1. The minimum Gasteiger partial charge on any atom is -0.302 e. The zero-order valence-corrected chi connectivity index (χ0v) is 16.8. The Kier molecular flexibility index (Phi) is 5.40. The van der Waals surface area contributed by atoms with Crippen LogP contribution in [0.15, 0.2) is 63.3 Å². The molecule has 2 N–H and O–H groups in total. The molecule has 3 rings (SSSR count). The van der Waals surface area contributed by atoms with Crippen molar-refractivity contribution in [2.24, 2.45) is 0 Å². The molecule has 6 nitrogen and oxygen atoms in total. The van der Waals surface area contributed by atoms with Crippen molar-refractivity contribution >= 4 is 54.0 Å². The predicted molar refractivity (Wildman–Crippen MR) is 107 cm³/mol. The first-order valence-electron chi connectivity index (χ1n) is 7.45. The van der Waals surface area contributed by atoms with Crippen LogP contribution >= 0.6 is 27.3 Å². The third-order valence-corrected chi connectivity index (χ3v) is 5.93. The van der Waals surface area contributed by atoms with Crippen LogP contribution in [0.3, 0.4) is 0 Å². The van der Waals surface area contributed by atoms with Crippen LogP contribution in [-0.2, 0) is 14.8 Å². The average molecular weight is 452 g/mol. The largest absolute Gasteiger partial charge is 0.302 e. The number of nitrogens with one attached hydrogen (secondary N) is 2. The Morgan fingerprint density at radius 1 is 1.15 bits per heavy atom. The highest BCUT2D eigenvalue weighted by atomic mass is 79.9. The van der Waals surface area contributed by atoms with Gasteiger partial charge in [0.05, 0.1) is 10.6 Å². The molecule has 26 heavy (non-hydrogen) atoms. The first-order chi connectivity index (χ1) is 12.3. The summed E-state index contributed by atoms with van der Waals surface area (Å²) in [4.78, 5) is 15.6. The van der Waals surface area contributed by atoms with Gasteiger partial charge in [0.25, 0.3) is 10.0 Å². The smallest absolute Gasteiger partial charge is 0.261 e. The van der Waals surface area contributed by atoms with Crippen LogP contribution in [0.5, 0.6) is 0 Å². The van der Waals surface area contributed by atoms with Crippen molar-refractivity contribution in [3.63, 3.8) is 0 Å². The van der Waals surface area contributed by atoms with Crippen molar-refractivity contribution in [3.05, 3.63) is 58.4 Å². The van der Waals surface area contributed by atoms with Crippen molar-refractivity contribution in [1.82, 2.24) is 4.98 Å². The van der Waals surface area contributed by atoms with Crippen LogP contribution in [0.2, 0.25) is 0 Å². The Morgan fingerprint density at radius 2 is 1.92 bits per heavy atom. The van der Waals surface area contributed by atoms with Gasteiger partial charge in [0, 0.05) is 28.0 Å². The summed E-state index contributed by atoms with van der Waals surface area (Å²) in [5, 5.41) is 4.92. The van der Waals surface area contributed by atoms with E-state index >= 15 is 0 Å². The van der Waals surface area contributed by atoms with E-state index in [0.29, 0.717) is 21.0 Å². The van der Waals surface area contributed by atoms with Gasteiger partial charge in [0.1, 0.15) is 0 Å². The molecule has 0 unspecified atom stereocenters. The number of sulfonamides is 1. The predicted octanol–water partition coefficient (Wildman–Crippen LogP) is 4.33. The molecular weight excluding hydrogens is 438 g/mol. The second-order valence-electron chi connectivity index (χ2n) is 5.36. The number of benzene rings is 2. The van der Waals surface area contributed by atoms with Gasteiger partial charge in [-0.25, -0.2) is 13.4 Å². The zero-order chi connectivity index (χ0) is 18.7. The highest BCUT2D eigenvalue weighted by Gasteiger charge is 2.15. The molecule has 0 aliphatic rings. The number of thiazole rings is 1. The monoisotopic (exact) mass is 451 g/mol. The van der Waals surface area contributed by atoms with E-state index in [4.69, 9.17) is 0 Å². The van der Waals surface area contributed by atoms with E-state index in [1.54, 1.807) is 35.7 Å². The molecule has 0 fully saturated rings. The summed E-state index contributed by atoms with van der Waals surface area (Å²) in [5.74, 6) is -0.193. The number of anilines is 2. The average Bonchev–Trinajstić information content (AvgIpc) is 3.02. The normalized spacial score (nSPS) is 11.2. The van der Waals surface area contributed by atoms with Gasteiger partial charge in [-0.3, -0.25) is 9.52 Å². The number of hydrogen-bond acceptors (Lipinski definition) is 5. The lowest BCUT2D eigenvalue weighted by molar-refractivity contribution is -0.114. The molecule has 2 aromatic carbocycles. The van der Waals surface area contributed by atoms with E-state index < -0.39 is 10.0 Å². The van der Waals surface area contributed by atoms with Crippen molar-refractivity contribution in [3.8, 4) is 11.3 Å². The van der Waals surface area contributed by atoms with Crippen LogP contribution in [0.25, 0.3) is 11.3 Å². The summed E-state index contributed by atoms with van der Waals surface area (Å²) in [6.07, 6.45) is 0. The van der Waals surface area contributed by atoms with E-state index in [2.05, 4.69) is 31.0 Å². The Bertz CT molecular complexity index is 1060. The molecule has 1 heterocycles. The fourth-order valence-electron chi connectivity index (χ4n) is 2.20. The molecule has 1 amide bonds. The van der Waals surface area contributed by atoms with Gasteiger partial charge < -0.3 is 5.32 Å². The summed E-state index contributed by atoms with van der Waals surface area (Å²) < 4.78 is 28.3. The molecule has 0 spiro atoms. The van der Waals surface area contributed by atoms with Crippen LogP contribution < -0.4 is 10.0 Å². The molecule has 0 radical (unpaired) electrons. The van der Waals surface area contributed by atoms with Crippen molar-refractivity contribution in [2.45, 2.75) is 11.8 Å². The number of amides is 1. The third kappa shape index (κ3) is 4.48. The molecule has 0 aliphatic heterocycles. The molecule has 0 saturated heterocycles. The number of aromatic nitrogens is 1. The molecule has 3 aromatic rings. The minimum atomic E-state index is -3.70. The molecule has 0 bridgehead atoms. The quantitative estimate of drug-likeness (QED) is 0.603. The lowest BCUT2D eigenvalue weighted by atomic mass is 10.1. The Labute approximate surface area is 163 Å². The van der Waals surface area contributed by atoms with Gasteiger partial charge >= 0.3 is 0 Å². The lowest BCUT2D eigenvalue weighted by Crippen LogP contribution is -2.12. The summed E-state index contributed by atoms with van der Waals surface area (Å²) in [6, 6.07) is 13.4. The maximum absolute atomic E-state index is 12.5. The second-order valence-corrected chi connectivity index (χ2v) is 8.82. The maximum Gasteiger partial charge on any atom is 0.261 e. The van der Waals surface area contributed by atoms with Gasteiger partial charge in [-0.15, -0.1) is 11.3 Å². The number of carbonyl (C=O) groups is 1.